The van der Waals surface area contributed by atoms with Crippen LogP contribution in [0.1, 0.15) is 20.7 Å². The van der Waals surface area contributed by atoms with Crippen LogP contribution >= 0.6 is 53.2 Å². The highest BCUT2D eigenvalue weighted by atomic mass is 79.9. The van der Waals surface area contributed by atoms with Crippen LogP contribution in [0.25, 0.3) is 0 Å². The van der Waals surface area contributed by atoms with E-state index in [9.17, 15) is 44.7 Å². The average molecular weight is 846 g/mol. The first kappa shape index (κ1) is 42.8. The van der Waals surface area contributed by atoms with Gasteiger partial charge in [0.05, 0.1) is 0 Å². The fourth-order valence-electron chi connectivity index (χ4n) is 2.77. The molecule has 4 aromatic rings. The van der Waals surface area contributed by atoms with Gasteiger partial charge in [-0.1, -0.05) is 31.9 Å². The van der Waals surface area contributed by atoms with Crippen LogP contribution in [0.15, 0.2) is 69.6 Å². The number of ether oxygens (including phenoxy) is 1. The topological polar surface area (TPSA) is 101 Å². The summed E-state index contributed by atoms with van der Waals surface area (Å²) in [5.41, 5.74) is -1.88. The molecule has 0 heterocycles. The Balaban J connectivity index is 0.000000664. The highest BCUT2D eigenvalue weighted by Crippen LogP contribution is 2.23. The highest BCUT2D eigenvalue weighted by molar-refractivity contribution is 9.10. The van der Waals surface area contributed by atoms with E-state index in [1.807, 2.05) is 0 Å². The molecule has 0 unspecified atom stereocenters. The number of esters is 1. The first-order valence-electron chi connectivity index (χ1n) is 10.9. The summed E-state index contributed by atoms with van der Waals surface area (Å²) in [5.74, 6) is -11.9. The van der Waals surface area contributed by atoms with Crippen molar-refractivity contribution in [1.29, 1.82) is 0 Å². The van der Waals surface area contributed by atoms with Crippen molar-refractivity contribution in [2.45, 2.75) is 0 Å². The Kier molecular flexibility index (Phi) is 18.7. The molecule has 4 rings (SSSR count). The average Bonchev–Trinajstić information content (AvgIpc) is 2.81. The van der Waals surface area contributed by atoms with E-state index < -0.39 is 90.3 Å². The molecule has 0 spiro atoms. The van der Waals surface area contributed by atoms with Gasteiger partial charge in [0.2, 0.25) is 9.23 Å². The van der Waals surface area contributed by atoms with Crippen LogP contribution in [0.4, 0.5) is 35.1 Å². The van der Waals surface area contributed by atoms with Crippen LogP contribution in [-0.4, -0.2) is 34.8 Å². The van der Waals surface area contributed by atoms with Gasteiger partial charge in [-0.3, -0.25) is 0 Å². The molecule has 245 valence electrons. The zero-order valence-electron chi connectivity index (χ0n) is 21.8. The summed E-state index contributed by atoms with van der Waals surface area (Å²) in [7, 11) is 7.36. The number of phenolic OH excluding ortho intramolecular Hbond substituents is 1. The van der Waals surface area contributed by atoms with Crippen LogP contribution in [0.2, 0.25) is 0 Å². The molecule has 0 saturated heterocycles. The quantitative estimate of drug-likeness (QED) is 0.0703. The minimum absolute atomic E-state index is 0. The molecule has 0 aliphatic rings. The molecule has 0 amide bonds. The predicted octanol–water partition coefficient (Wildman–Crippen LogP) is 8.98. The van der Waals surface area contributed by atoms with Crippen molar-refractivity contribution in [2.24, 2.45) is 0 Å². The first-order valence-corrected chi connectivity index (χ1v) is 15.3. The molecular weight excluding hydrogens is 834 g/mol. The molecule has 0 saturated carbocycles. The fraction of sp³-hybridized carbons (Fsp3) is 0. The van der Waals surface area contributed by atoms with Gasteiger partial charge in [0.1, 0.15) is 69.2 Å². The summed E-state index contributed by atoms with van der Waals surface area (Å²) in [6.07, 6.45) is 0. The molecule has 0 aliphatic carbocycles. The second kappa shape index (κ2) is 20.1. The van der Waals surface area contributed by atoms with Crippen molar-refractivity contribution < 1.29 is 63.9 Å². The number of hydrogen-bond acceptors (Lipinski definition) is 5. The van der Waals surface area contributed by atoms with Gasteiger partial charge in [-0.2, -0.15) is 0 Å². The molecule has 6 nitrogen and oxygen atoms in total. The van der Waals surface area contributed by atoms with E-state index in [0.717, 1.165) is 48.5 Å². The van der Waals surface area contributed by atoms with Crippen LogP contribution in [-0.2, 0) is 9.23 Å². The fourth-order valence-corrected chi connectivity index (χ4v) is 3.57. The zero-order chi connectivity index (χ0) is 34.6. The molecule has 0 fully saturated rings. The van der Waals surface area contributed by atoms with Crippen LogP contribution in [0.3, 0.4) is 0 Å². The number of phenols is 1. The molecule has 46 heavy (non-hydrogen) atoms. The van der Waals surface area contributed by atoms with Gasteiger partial charge in [-0.25, -0.2) is 48.9 Å². The molecule has 0 bridgehead atoms. The lowest BCUT2D eigenvalue weighted by molar-refractivity contribution is 0.0683. The summed E-state index contributed by atoms with van der Waals surface area (Å²) >= 11 is 5.67. The summed E-state index contributed by atoms with van der Waals surface area (Å²) < 4.78 is 116. The Labute approximate surface area is 284 Å². The zero-order valence-corrected chi connectivity index (χ0v) is 27.3. The second-order valence-electron chi connectivity index (χ2n) is 7.60. The van der Waals surface area contributed by atoms with Crippen molar-refractivity contribution in [3.05, 3.63) is 127 Å². The van der Waals surface area contributed by atoms with E-state index in [-0.39, 0.29) is 17.4 Å². The van der Waals surface area contributed by atoms with E-state index in [0.29, 0.717) is 12.1 Å². The lowest BCUT2D eigenvalue weighted by Crippen LogP contribution is -2.13. The molecular formula is C26H12BBr2Cl2F8O6S. The minimum Gasteiger partial charge on any atom is -0.508 e. The molecule has 20 heteroatoms. The van der Waals surface area contributed by atoms with Gasteiger partial charge in [0.15, 0.2) is 0 Å². The van der Waals surface area contributed by atoms with E-state index in [1.54, 1.807) is 0 Å². The molecule has 2 N–H and O–H groups in total. The van der Waals surface area contributed by atoms with Gasteiger partial charge in [0.25, 0.3) is 0 Å². The lowest BCUT2D eigenvalue weighted by Gasteiger charge is -2.07. The Bertz CT molecular complexity index is 1600. The van der Waals surface area contributed by atoms with Gasteiger partial charge in [-0.15, -0.1) is 0 Å². The van der Waals surface area contributed by atoms with E-state index in [2.05, 4.69) is 58.0 Å². The third kappa shape index (κ3) is 15.4. The van der Waals surface area contributed by atoms with E-state index in [4.69, 9.17) is 14.4 Å². The maximum Gasteiger partial charge on any atom is 0.349 e. The number of benzene rings is 4. The van der Waals surface area contributed by atoms with Crippen molar-refractivity contribution in [3.8, 4) is 11.5 Å². The lowest BCUT2D eigenvalue weighted by atomic mass is 10.2. The predicted molar refractivity (Wildman–Crippen MR) is 160 cm³/mol. The van der Waals surface area contributed by atoms with Crippen LogP contribution in [0.5, 0.6) is 11.5 Å². The molecule has 0 aliphatic heterocycles. The number of carboxylic acids is 1. The largest absolute Gasteiger partial charge is 0.508 e. The van der Waals surface area contributed by atoms with Crippen molar-refractivity contribution >= 4 is 82.8 Å². The summed E-state index contributed by atoms with van der Waals surface area (Å²) in [5, 5.41) is 16.9. The summed E-state index contributed by atoms with van der Waals surface area (Å²) in [4.78, 5) is 21.9. The molecule has 0 aromatic heterocycles. The van der Waals surface area contributed by atoms with Crippen molar-refractivity contribution in [2.75, 3.05) is 0 Å². The highest BCUT2D eigenvalue weighted by Gasteiger charge is 2.21. The number of carbonyl (C=O) groups excluding carboxylic acids is 1. The van der Waals surface area contributed by atoms with Crippen LogP contribution < -0.4 is 4.74 Å². The van der Waals surface area contributed by atoms with E-state index in [1.165, 1.54) is 0 Å². The maximum absolute atomic E-state index is 13.5. The third-order valence-corrected chi connectivity index (χ3v) is 5.24. The van der Waals surface area contributed by atoms with Gasteiger partial charge >= 0.3 is 11.9 Å². The number of hydrogen-bond donors (Lipinski definition) is 2. The third-order valence-electron chi connectivity index (χ3n) is 4.33. The first-order chi connectivity index (χ1) is 20.8. The number of aromatic carboxylic acids is 1. The van der Waals surface area contributed by atoms with Gasteiger partial charge in [0, 0.05) is 75.1 Å². The Morgan fingerprint density at radius 2 is 0.935 bits per heavy atom. The van der Waals surface area contributed by atoms with Crippen LogP contribution in [0, 0.1) is 46.5 Å². The van der Waals surface area contributed by atoms with Gasteiger partial charge < -0.3 is 14.9 Å². The standard InChI is InChI=1S/C13H5BrF4O2.C7H3BrF2O2.C6H4F2O.B.Cl2OS/c14-6-1-10(17)12(11(18)2-6)13(19)20-9-4-7(15)3-8(16)5-9;8-3-1-4(9)6(7(11)12)5(10)2-3;7-4-1-5(8)3-6(9)2-4;;1-4(2)3/h1-5H;1-2H,(H,11,12);1-3,9H;;. The number of rotatable bonds is 3. The van der Waals surface area contributed by atoms with Crippen molar-refractivity contribution in [3.63, 3.8) is 0 Å². The molecule has 4 aromatic carbocycles. The monoisotopic (exact) mass is 843 g/mol. The smallest absolute Gasteiger partial charge is 0.349 e. The SMILES string of the molecule is O=C(O)c1c(F)cc(Br)cc1F.O=C(Oc1cc(F)cc(F)c1)c1c(F)cc(Br)cc1F.O=S(Cl)Cl.Oc1cc(F)cc(F)c1.[B]. The summed E-state index contributed by atoms with van der Waals surface area (Å²) in [6, 6.07) is 7.89. The number of carboxylic acid groups (broad SMARTS) is 1. The Hall–Kier alpha value is -3.19. The Morgan fingerprint density at radius 1 is 0.630 bits per heavy atom. The molecule has 3 radical (unpaired) electrons. The van der Waals surface area contributed by atoms with E-state index >= 15 is 0 Å². The number of aromatic hydroxyl groups is 1. The Morgan fingerprint density at radius 3 is 1.24 bits per heavy atom. The summed E-state index contributed by atoms with van der Waals surface area (Å²) in [6.45, 7) is 0. The van der Waals surface area contributed by atoms with Gasteiger partial charge in [-0.05, 0) is 24.3 Å². The normalized spacial score (nSPS) is 9.76. The number of carbonyl (C=O) groups is 2. The maximum atomic E-state index is 13.5. The minimum atomic E-state index is -1.67. The second-order valence-corrected chi connectivity index (χ2v) is 12.0. The van der Waals surface area contributed by atoms with Crippen molar-refractivity contribution in [1.82, 2.24) is 0 Å². The number of halogens is 12. The molecule has 0 atom stereocenters.